The first-order valence-electron chi connectivity index (χ1n) is 21.2. The number of para-hydroxylation sites is 2. The van der Waals surface area contributed by atoms with Crippen LogP contribution in [-0.4, -0.2) is 19.5 Å². The molecule has 45 heavy (non-hydrogen) atoms. The Labute approximate surface area is 281 Å². The monoisotopic (exact) mass is 609 g/mol. The van der Waals surface area contributed by atoms with Gasteiger partial charge in [0.15, 0.2) is 11.6 Å². The summed E-state index contributed by atoms with van der Waals surface area (Å²) >= 11 is 1.44. The average Bonchev–Trinajstić information content (AvgIpc) is 3.95. The van der Waals surface area contributed by atoms with Crippen molar-refractivity contribution in [2.45, 2.75) is 0 Å². The van der Waals surface area contributed by atoms with Crippen molar-refractivity contribution in [3.63, 3.8) is 0 Å². The molecule has 0 saturated heterocycles. The Hall–Kier alpha value is -5.85. The normalized spacial score (nSPS) is 16.7. The summed E-state index contributed by atoms with van der Waals surface area (Å²) in [4.78, 5) is 14.2. The van der Waals surface area contributed by atoms with E-state index in [4.69, 9.17) is 30.8 Å². The lowest BCUT2D eigenvalue weighted by molar-refractivity contribution is 0.673. The van der Waals surface area contributed by atoms with Gasteiger partial charge < -0.3 is 4.42 Å². The number of benzene rings is 6. The molecule has 0 bridgehead atoms. The number of hydrogen-bond acceptors (Lipinski definition) is 5. The van der Waals surface area contributed by atoms with Gasteiger partial charge in [0.25, 0.3) is 0 Å². The largest absolute Gasteiger partial charge is 0.455 e. The molecule has 210 valence electrons. The SMILES string of the molecule is [2H]c1c([2H])c([2H])c(-c2nc(-c3cccc4c3sc3ccccc34)nc(-n3c4c([2H])c([2H])c([2H])c([2H])c4c4c5oc6c([2H])c([2H])c([2H])c([2H])c6c5c([2H])c([2H])c43)n2)c([2H])c1[2H]. The summed E-state index contributed by atoms with van der Waals surface area (Å²) in [6, 6.07) is 3.86. The molecule has 0 spiro atoms. The molecule has 0 radical (unpaired) electrons. The Kier molecular flexibility index (Phi) is 2.96. The molecule has 0 atom stereocenters. The Balaban J connectivity index is 1.44. The highest BCUT2D eigenvalue weighted by Crippen LogP contribution is 2.42. The fourth-order valence-corrected chi connectivity index (χ4v) is 6.97. The highest BCUT2D eigenvalue weighted by molar-refractivity contribution is 7.26. The summed E-state index contributed by atoms with van der Waals surface area (Å²) in [5.74, 6) is -0.856. The van der Waals surface area contributed by atoms with E-state index < -0.39 is 108 Å². The Bertz CT molecular complexity index is 3610. The first kappa shape index (κ1) is 14.3. The van der Waals surface area contributed by atoms with Gasteiger partial charge in [0.2, 0.25) is 5.95 Å². The zero-order valence-electron chi connectivity index (χ0n) is 37.6. The molecular weight excluding hydrogens is 573 g/mol. The van der Waals surface area contributed by atoms with E-state index in [1.54, 1.807) is 12.1 Å². The third-order valence-electron chi connectivity index (χ3n) is 7.66. The summed E-state index contributed by atoms with van der Waals surface area (Å²) in [7, 11) is 0. The first-order valence-corrected chi connectivity index (χ1v) is 14.5. The van der Waals surface area contributed by atoms with E-state index in [0.29, 0.717) is 5.56 Å². The van der Waals surface area contributed by atoms with Crippen molar-refractivity contribution in [2.75, 3.05) is 0 Å². The molecule has 0 aliphatic heterocycles. The zero-order valence-corrected chi connectivity index (χ0v) is 23.5. The van der Waals surface area contributed by atoms with Crippen molar-refractivity contribution < 1.29 is 25.0 Å². The minimum Gasteiger partial charge on any atom is -0.455 e. The topological polar surface area (TPSA) is 56.7 Å². The standard InChI is InChI=1S/C39H22N4OS/c1-2-11-23(12-3-1)37-40-38(29-17-10-16-27-25-14-6-9-20-33(25)45-36(27)29)42-39(41-37)43-30-18-7-4-15-28(30)34-31(43)22-21-26-24-13-5-8-19-32(24)44-35(26)34/h1-22H/i1D,2D,3D,4D,5D,7D,8D,11D,12D,13D,15D,18D,19D,21D,22D. The van der Waals surface area contributed by atoms with E-state index in [1.807, 2.05) is 30.3 Å². The van der Waals surface area contributed by atoms with Crippen LogP contribution in [0.1, 0.15) is 20.6 Å². The molecule has 6 heteroatoms. The van der Waals surface area contributed by atoms with Gasteiger partial charge in [-0.25, -0.2) is 4.98 Å². The molecule has 0 aliphatic rings. The van der Waals surface area contributed by atoms with Crippen molar-refractivity contribution >= 4 is 75.3 Å². The molecule has 0 aliphatic carbocycles. The lowest BCUT2D eigenvalue weighted by atomic mass is 10.1. The lowest BCUT2D eigenvalue weighted by Crippen LogP contribution is -2.06. The van der Waals surface area contributed by atoms with Gasteiger partial charge in [-0.05, 0) is 36.3 Å². The van der Waals surface area contributed by atoms with Crippen molar-refractivity contribution in [3.05, 3.63) is 133 Å². The number of rotatable bonds is 3. The molecule has 6 aromatic carbocycles. The number of furan rings is 1. The van der Waals surface area contributed by atoms with Crippen molar-refractivity contribution in [1.29, 1.82) is 0 Å². The van der Waals surface area contributed by atoms with E-state index in [9.17, 15) is 4.11 Å². The molecule has 0 N–H and O–H groups in total. The van der Waals surface area contributed by atoms with Gasteiger partial charge in [-0.3, -0.25) is 4.57 Å². The average molecular weight is 610 g/mol. The second-order valence-electron chi connectivity index (χ2n) is 10.1. The van der Waals surface area contributed by atoms with Crippen molar-refractivity contribution in [1.82, 2.24) is 19.5 Å². The fourth-order valence-electron chi connectivity index (χ4n) is 5.76. The number of hydrogen-bond donors (Lipinski definition) is 0. The van der Waals surface area contributed by atoms with Crippen LogP contribution in [0, 0.1) is 0 Å². The quantitative estimate of drug-likeness (QED) is 0.200. The second kappa shape index (κ2) is 9.32. The molecule has 0 saturated carbocycles. The fraction of sp³-hybridized carbons (Fsp3) is 0. The van der Waals surface area contributed by atoms with Gasteiger partial charge in [-0.2, -0.15) is 9.97 Å². The van der Waals surface area contributed by atoms with Crippen LogP contribution in [0.5, 0.6) is 0 Å². The van der Waals surface area contributed by atoms with Crippen LogP contribution in [0.3, 0.4) is 0 Å². The molecule has 10 aromatic rings. The van der Waals surface area contributed by atoms with Crippen LogP contribution in [0.25, 0.3) is 92.6 Å². The summed E-state index contributed by atoms with van der Waals surface area (Å²) in [5, 5.41) is 1.06. The minimum absolute atomic E-state index is 0.0547. The van der Waals surface area contributed by atoms with Crippen molar-refractivity contribution in [3.8, 4) is 28.7 Å². The predicted molar refractivity (Wildman–Crippen MR) is 185 cm³/mol. The highest BCUT2D eigenvalue weighted by Gasteiger charge is 2.22. The highest BCUT2D eigenvalue weighted by atomic mass is 32.1. The van der Waals surface area contributed by atoms with E-state index in [-0.39, 0.29) is 49.6 Å². The Morgan fingerprint density at radius 3 is 2.31 bits per heavy atom. The first-order chi connectivity index (χ1) is 28.5. The Morgan fingerprint density at radius 2 is 1.38 bits per heavy atom. The number of nitrogens with zero attached hydrogens (tertiary/aromatic N) is 4. The number of aromatic nitrogens is 4. The Morgan fingerprint density at radius 1 is 0.600 bits per heavy atom. The van der Waals surface area contributed by atoms with Crippen LogP contribution < -0.4 is 0 Å². The maximum absolute atomic E-state index is 9.47. The molecule has 4 aromatic heterocycles. The third kappa shape index (κ3) is 3.57. The van der Waals surface area contributed by atoms with Crippen LogP contribution in [0.2, 0.25) is 0 Å². The summed E-state index contributed by atoms with van der Waals surface area (Å²) in [6.45, 7) is 0. The summed E-state index contributed by atoms with van der Waals surface area (Å²) < 4.78 is 140. The van der Waals surface area contributed by atoms with Gasteiger partial charge in [-0.1, -0.05) is 96.8 Å². The molecule has 10 rings (SSSR count). The zero-order chi connectivity index (χ0) is 42.5. The number of fused-ring (bicyclic) bond motifs is 10. The molecule has 0 fully saturated rings. The molecular formula is C39H22N4OS. The van der Waals surface area contributed by atoms with E-state index in [1.165, 1.54) is 11.3 Å². The van der Waals surface area contributed by atoms with Gasteiger partial charge >= 0.3 is 0 Å². The third-order valence-corrected chi connectivity index (χ3v) is 8.88. The van der Waals surface area contributed by atoms with Crippen LogP contribution in [-0.2, 0) is 0 Å². The predicted octanol–water partition coefficient (Wildman–Crippen LogP) is 10.6. The summed E-state index contributed by atoms with van der Waals surface area (Å²) in [5.41, 5.74) is -1.07. The maximum atomic E-state index is 9.47. The number of thiophene rings is 1. The molecule has 4 heterocycles. The maximum Gasteiger partial charge on any atom is 0.238 e. The van der Waals surface area contributed by atoms with Gasteiger partial charge in [-0.15, -0.1) is 11.3 Å². The van der Waals surface area contributed by atoms with E-state index in [2.05, 4.69) is 4.98 Å². The molecule has 0 amide bonds. The lowest BCUT2D eigenvalue weighted by Gasteiger charge is -2.11. The van der Waals surface area contributed by atoms with E-state index in [0.717, 1.165) is 24.7 Å². The van der Waals surface area contributed by atoms with Gasteiger partial charge in [0.05, 0.1) is 37.0 Å². The van der Waals surface area contributed by atoms with Crippen LogP contribution in [0.4, 0.5) is 0 Å². The molecule has 0 unspecified atom stereocenters. The van der Waals surface area contributed by atoms with Gasteiger partial charge in [0, 0.05) is 47.5 Å². The van der Waals surface area contributed by atoms with Crippen LogP contribution in [0.15, 0.2) is 138 Å². The molecule has 5 nitrogen and oxygen atoms in total. The van der Waals surface area contributed by atoms with Gasteiger partial charge in [0.1, 0.15) is 11.2 Å². The van der Waals surface area contributed by atoms with Crippen molar-refractivity contribution in [2.24, 2.45) is 0 Å². The van der Waals surface area contributed by atoms with E-state index >= 15 is 0 Å². The van der Waals surface area contributed by atoms with Crippen LogP contribution >= 0.6 is 11.3 Å². The second-order valence-corrected chi connectivity index (χ2v) is 11.2. The smallest absolute Gasteiger partial charge is 0.238 e. The summed E-state index contributed by atoms with van der Waals surface area (Å²) in [6.07, 6.45) is 0. The minimum atomic E-state index is -0.676.